The molecule has 4 nitrogen and oxygen atoms in total. The summed E-state index contributed by atoms with van der Waals surface area (Å²) in [6.45, 7) is 2.68. The number of ether oxygens (including phenoxy) is 2. The molecular weight excluding hydrogens is 254 g/mol. The number of pyridine rings is 1. The van der Waals surface area contributed by atoms with Crippen molar-refractivity contribution in [1.82, 2.24) is 4.98 Å². The maximum absolute atomic E-state index is 10.8. The Morgan fingerprint density at radius 1 is 1.15 bits per heavy atom. The van der Waals surface area contributed by atoms with Gasteiger partial charge in [0.15, 0.2) is 0 Å². The number of aromatic nitrogens is 1. The maximum Gasteiger partial charge on any atom is 0.125 e. The molecule has 0 aliphatic heterocycles. The van der Waals surface area contributed by atoms with Crippen LogP contribution in [-0.4, -0.2) is 30.4 Å². The summed E-state index contributed by atoms with van der Waals surface area (Å²) in [6, 6.07) is 11.1. The fourth-order valence-electron chi connectivity index (χ4n) is 2.04. The van der Waals surface area contributed by atoms with Crippen molar-refractivity contribution in [2.45, 2.75) is 12.5 Å². The van der Waals surface area contributed by atoms with Gasteiger partial charge in [-0.25, -0.2) is 0 Å². The van der Waals surface area contributed by atoms with E-state index in [9.17, 15) is 5.11 Å². The van der Waals surface area contributed by atoms with Crippen LogP contribution in [0.5, 0.6) is 5.75 Å². The van der Waals surface area contributed by atoms with Gasteiger partial charge in [-0.05, 0) is 19.1 Å². The van der Waals surface area contributed by atoms with E-state index in [1.54, 1.807) is 32.5 Å². The second kappa shape index (κ2) is 6.50. The van der Waals surface area contributed by atoms with Gasteiger partial charge in [-0.15, -0.1) is 0 Å². The predicted molar refractivity (Wildman–Crippen MR) is 76.7 cm³/mol. The highest BCUT2D eigenvalue weighted by Crippen LogP contribution is 2.34. The van der Waals surface area contributed by atoms with Crippen LogP contribution in [0, 0.1) is 0 Å². The van der Waals surface area contributed by atoms with Gasteiger partial charge in [-0.1, -0.05) is 24.3 Å². The Labute approximate surface area is 119 Å². The van der Waals surface area contributed by atoms with Gasteiger partial charge >= 0.3 is 0 Å². The smallest absolute Gasteiger partial charge is 0.125 e. The first-order valence-corrected chi connectivity index (χ1v) is 6.50. The van der Waals surface area contributed by atoms with E-state index in [2.05, 4.69) is 4.98 Å². The average Bonchev–Trinajstić information content (AvgIpc) is 2.49. The largest absolute Gasteiger partial charge is 0.491 e. The lowest BCUT2D eigenvalue weighted by Gasteiger charge is -2.26. The van der Waals surface area contributed by atoms with Crippen LogP contribution < -0.4 is 4.74 Å². The zero-order valence-electron chi connectivity index (χ0n) is 11.7. The van der Waals surface area contributed by atoms with Gasteiger partial charge in [0.1, 0.15) is 18.0 Å². The lowest BCUT2D eigenvalue weighted by atomic mass is 9.88. The zero-order chi connectivity index (χ0) is 14.4. The molecule has 0 saturated carbocycles. The van der Waals surface area contributed by atoms with Crippen LogP contribution in [-0.2, 0) is 10.3 Å². The molecule has 0 saturated heterocycles. The first-order valence-electron chi connectivity index (χ1n) is 6.50. The highest BCUT2D eigenvalue weighted by Gasteiger charge is 2.29. The van der Waals surface area contributed by atoms with Crippen molar-refractivity contribution in [2.75, 3.05) is 20.3 Å². The number of para-hydroxylation sites is 1. The molecule has 0 bridgehead atoms. The van der Waals surface area contributed by atoms with E-state index in [-0.39, 0.29) is 0 Å². The van der Waals surface area contributed by atoms with Crippen LogP contribution >= 0.6 is 0 Å². The monoisotopic (exact) mass is 273 g/mol. The fraction of sp³-hybridized carbons (Fsp3) is 0.312. The van der Waals surface area contributed by atoms with Crippen LogP contribution in [0.1, 0.15) is 18.1 Å². The molecule has 1 heterocycles. The van der Waals surface area contributed by atoms with E-state index in [1.165, 1.54) is 0 Å². The number of hydrogen-bond donors (Lipinski definition) is 1. The quantitative estimate of drug-likeness (QED) is 0.821. The number of nitrogens with zero attached hydrogens (tertiary/aromatic N) is 1. The van der Waals surface area contributed by atoms with Crippen LogP contribution in [0.2, 0.25) is 0 Å². The summed E-state index contributed by atoms with van der Waals surface area (Å²) < 4.78 is 10.7. The van der Waals surface area contributed by atoms with E-state index < -0.39 is 5.60 Å². The van der Waals surface area contributed by atoms with E-state index >= 15 is 0 Å². The summed E-state index contributed by atoms with van der Waals surface area (Å²) in [5.74, 6) is 0.651. The summed E-state index contributed by atoms with van der Waals surface area (Å²) in [4.78, 5) is 4.06. The Kier molecular flexibility index (Phi) is 4.71. The molecule has 0 aliphatic carbocycles. The van der Waals surface area contributed by atoms with Gasteiger partial charge < -0.3 is 14.6 Å². The van der Waals surface area contributed by atoms with Crippen LogP contribution in [0.25, 0.3) is 0 Å². The third-order valence-corrected chi connectivity index (χ3v) is 3.18. The third-order valence-electron chi connectivity index (χ3n) is 3.18. The van der Waals surface area contributed by atoms with Crippen molar-refractivity contribution in [2.24, 2.45) is 0 Å². The molecule has 2 aromatic rings. The number of rotatable bonds is 6. The zero-order valence-corrected chi connectivity index (χ0v) is 11.7. The highest BCUT2D eigenvalue weighted by atomic mass is 16.5. The van der Waals surface area contributed by atoms with Gasteiger partial charge in [0.2, 0.25) is 0 Å². The van der Waals surface area contributed by atoms with Crippen molar-refractivity contribution in [1.29, 1.82) is 0 Å². The van der Waals surface area contributed by atoms with E-state index in [0.29, 0.717) is 24.5 Å². The summed E-state index contributed by atoms with van der Waals surface area (Å²) in [5.41, 5.74) is 0.282. The molecule has 20 heavy (non-hydrogen) atoms. The minimum atomic E-state index is -1.15. The Morgan fingerprint density at radius 3 is 2.65 bits per heavy atom. The van der Waals surface area contributed by atoms with E-state index in [1.807, 2.05) is 30.3 Å². The average molecular weight is 273 g/mol. The maximum atomic E-state index is 10.8. The highest BCUT2D eigenvalue weighted by molar-refractivity contribution is 5.43. The Balaban J connectivity index is 2.31. The van der Waals surface area contributed by atoms with Gasteiger partial charge in [0.25, 0.3) is 0 Å². The first-order chi connectivity index (χ1) is 9.66. The molecule has 1 unspecified atom stereocenters. The summed E-state index contributed by atoms with van der Waals surface area (Å²) in [5, 5.41) is 10.8. The molecule has 1 aromatic heterocycles. The second-order valence-corrected chi connectivity index (χ2v) is 4.65. The van der Waals surface area contributed by atoms with Crippen LogP contribution in [0.3, 0.4) is 0 Å². The van der Waals surface area contributed by atoms with Crippen molar-refractivity contribution >= 4 is 0 Å². The molecule has 0 aliphatic rings. The lowest BCUT2D eigenvalue weighted by molar-refractivity contribution is 0.0940. The number of methoxy groups -OCH3 is 1. The van der Waals surface area contributed by atoms with Crippen molar-refractivity contribution in [3.63, 3.8) is 0 Å². The summed E-state index contributed by atoms with van der Waals surface area (Å²) >= 11 is 0. The molecular formula is C16H19NO3. The van der Waals surface area contributed by atoms with Gasteiger partial charge in [-0.3, -0.25) is 4.98 Å². The molecule has 0 radical (unpaired) electrons. The van der Waals surface area contributed by atoms with Gasteiger partial charge in [0, 0.05) is 30.6 Å². The standard InChI is InChI=1S/C16H19NO3/c1-16(18,13-6-5-9-17-12-13)14-7-3-4-8-15(14)20-11-10-19-2/h3-9,12,18H,10-11H2,1-2H3. The lowest BCUT2D eigenvalue weighted by Crippen LogP contribution is -2.24. The minimum Gasteiger partial charge on any atom is -0.491 e. The fourth-order valence-corrected chi connectivity index (χ4v) is 2.04. The molecule has 2 rings (SSSR count). The van der Waals surface area contributed by atoms with Crippen molar-refractivity contribution in [3.8, 4) is 5.75 Å². The molecule has 1 N–H and O–H groups in total. The van der Waals surface area contributed by atoms with Crippen molar-refractivity contribution < 1.29 is 14.6 Å². The minimum absolute atomic E-state index is 0.441. The molecule has 106 valence electrons. The Morgan fingerprint density at radius 2 is 1.95 bits per heavy atom. The number of aliphatic hydroxyl groups is 1. The van der Waals surface area contributed by atoms with Gasteiger partial charge in [-0.2, -0.15) is 0 Å². The summed E-state index contributed by atoms with van der Waals surface area (Å²) in [6.07, 6.45) is 3.34. The SMILES string of the molecule is COCCOc1ccccc1C(C)(O)c1cccnc1. The second-order valence-electron chi connectivity index (χ2n) is 4.65. The number of benzene rings is 1. The van der Waals surface area contributed by atoms with Crippen LogP contribution in [0.15, 0.2) is 48.8 Å². The summed E-state index contributed by atoms with van der Waals surface area (Å²) in [7, 11) is 1.63. The molecule has 4 heteroatoms. The van der Waals surface area contributed by atoms with Crippen LogP contribution in [0.4, 0.5) is 0 Å². The predicted octanol–water partition coefficient (Wildman–Crippen LogP) is 2.36. The third kappa shape index (κ3) is 3.15. The topological polar surface area (TPSA) is 51.6 Å². The van der Waals surface area contributed by atoms with Gasteiger partial charge in [0.05, 0.1) is 6.61 Å². The Hall–Kier alpha value is -1.91. The molecule has 0 fully saturated rings. The van der Waals surface area contributed by atoms with E-state index in [0.717, 1.165) is 5.56 Å². The van der Waals surface area contributed by atoms with E-state index in [4.69, 9.17) is 9.47 Å². The first kappa shape index (κ1) is 14.5. The number of hydrogen-bond acceptors (Lipinski definition) is 4. The normalized spacial score (nSPS) is 13.8. The molecule has 0 amide bonds. The molecule has 0 spiro atoms. The molecule has 1 aromatic carbocycles. The van der Waals surface area contributed by atoms with Crippen molar-refractivity contribution in [3.05, 3.63) is 59.9 Å². The Bertz CT molecular complexity index is 540. The molecule has 1 atom stereocenters.